The molecule has 2 aliphatic rings. The minimum atomic E-state index is 0.241. The summed E-state index contributed by atoms with van der Waals surface area (Å²) in [6.07, 6.45) is 6.67. The molecule has 108 valence electrons. The van der Waals surface area contributed by atoms with Crippen LogP contribution in [0.5, 0.6) is 0 Å². The molecule has 0 spiro atoms. The molecule has 4 unspecified atom stereocenters. The summed E-state index contributed by atoms with van der Waals surface area (Å²) in [4.78, 5) is 17.0. The van der Waals surface area contributed by atoms with Crippen LogP contribution in [0.1, 0.15) is 31.2 Å². The lowest BCUT2D eigenvalue weighted by molar-refractivity contribution is -0.148. The lowest BCUT2D eigenvalue weighted by atomic mass is 9.76. The maximum Gasteiger partial charge on any atom is 0.123 e. The van der Waals surface area contributed by atoms with Crippen molar-refractivity contribution in [1.82, 2.24) is 5.06 Å². The van der Waals surface area contributed by atoms with Gasteiger partial charge in [0.1, 0.15) is 6.29 Å². The Bertz CT molecular complexity index is 448. The van der Waals surface area contributed by atoms with E-state index in [0.29, 0.717) is 18.1 Å². The van der Waals surface area contributed by atoms with E-state index in [2.05, 4.69) is 30.3 Å². The van der Waals surface area contributed by atoms with Gasteiger partial charge >= 0.3 is 0 Å². The molecule has 0 aromatic heterocycles. The van der Waals surface area contributed by atoms with Crippen LogP contribution in [-0.2, 0) is 16.1 Å². The highest BCUT2D eigenvalue weighted by Gasteiger charge is 2.44. The van der Waals surface area contributed by atoms with Crippen LogP contribution >= 0.6 is 0 Å². The topological polar surface area (TPSA) is 29.5 Å². The van der Waals surface area contributed by atoms with E-state index in [4.69, 9.17) is 4.84 Å². The standard InChI is InChI=1S/C17H23NO2/c1-18-16(9-7-13-5-3-2-4-6-13)15-11-14(12-19)8-10-17(15)20-18/h2-6,12,14-17H,7-11H2,1H3. The zero-order valence-corrected chi connectivity index (χ0v) is 12.1. The van der Waals surface area contributed by atoms with Gasteiger partial charge in [-0.3, -0.25) is 4.84 Å². The van der Waals surface area contributed by atoms with E-state index >= 15 is 0 Å². The van der Waals surface area contributed by atoms with Crippen molar-refractivity contribution in [1.29, 1.82) is 0 Å². The number of hydroxylamine groups is 2. The number of aldehydes is 1. The van der Waals surface area contributed by atoms with Gasteiger partial charge < -0.3 is 4.79 Å². The minimum absolute atomic E-state index is 0.241. The van der Waals surface area contributed by atoms with Crippen molar-refractivity contribution in [3.05, 3.63) is 35.9 Å². The number of nitrogens with zero attached hydrogens (tertiary/aromatic N) is 1. The summed E-state index contributed by atoms with van der Waals surface area (Å²) >= 11 is 0. The van der Waals surface area contributed by atoms with Crippen LogP contribution < -0.4 is 0 Å². The molecule has 1 aliphatic carbocycles. The second kappa shape index (κ2) is 6.06. The molecule has 1 heterocycles. The Labute approximate surface area is 120 Å². The molecule has 0 amide bonds. The first kappa shape index (κ1) is 13.8. The Balaban J connectivity index is 1.64. The third-order valence-corrected chi connectivity index (χ3v) is 4.90. The fraction of sp³-hybridized carbons (Fsp3) is 0.588. The summed E-state index contributed by atoms with van der Waals surface area (Å²) in [5.74, 6) is 0.762. The molecular formula is C17H23NO2. The molecule has 1 saturated heterocycles. The van der Waals surface area contributed by atoms with E-state index in [9.17, 15) is 4.79 Å². The molecule has 1 aromatic rings. The number of hydrogen-bond acceptors (Lipinski definition) is 3. The van der Waals surface area contributed by atoms with E-state index in [1.807, 2.05) is 12.1 Å². The van der Waals surface area contributed by atoms with Crippen LogP contribution in [0.3, 0.4) is 0 Å². The monoisotopic (exact) mass is 273 g/mol. The number of rotatable bonds is 4. The smallest absolute Gasteiger partial charge is 0.123 e. The number of carbonyl (C=O) groups is 1. The van der Waals surface area contributed by atoms with Crippen LogP contribution in [0.2, 0.25) is 0 Å². The van der Waals surface area contributed by atoms with Crippen LogP contribution in [0.15, 0.2) is 30.3 Å². The molecule has 4 atom stereocenters. The lowest BCUT2D eigenvalue weighted by Crippen LogP contribution is -2.34. The second-order valence-corrected chi connectivity index (χ2v) is 6.15. The quantitative estimate of drug-likeness (QED) is 0.790. The molecule has 1 aromatic carbocycles. The van der Waals surface area contributed by atoms with Gasteiger partial charge in [-0.15, -0.1) is 0 Å². The summed E-state index contributed by atoms with van der Waals surface area (Å²) < 4.78 is 0. The highest BCUT2D eigenvalue weighted by molar-refractivity contribution is 5.53. The Kier molecular flexibility index (Phi) is 4.18. The van der Waals surface area contributed by atoms with Crippen molar-refractivity contribution < 1.29 is 9.63 Å². The van der Waals surface area contributed by atoms with Crippen molar-refractivity contribution in [2.24, 2.45) is 11.8 Å². The lowest BCUT2D eigenvalue weighted by Gasteiger charge is -2.29. The summed E-state index contributed by atoms with van der Waals surface area (Å²) in [5, 5.41) is 2.05. The summed E-state index contributed by atoms with van der Waals surface area (Å²) in [6.45, 7) is 0. The molecule has 3 heteroatoms. The Morgan fingerprint density at radius 2 is 2.10 bits per heavy atom. The van der Waals surface area contributed by atoms with Gasteiger partial charge in [0.25, 0.3) is 0 Å². The van der Waals surface area contributed by atoms with Gasteiger partial charge in [-0.2, -0.15) is 5.06 Å². The largest absolute Gasteiger partial charge is 0.303 e. The zero-order chi connectivity index (χ0) is 13.9. The third-order valence-electron chi connectivity index (χ3n) is 4.90. The molecule has 0 radical (unpaired) electrons. The highest BCUT2D eigenvalue weighted by Crippen LogP contribution is 2.40. The van der Waals surface area contributed by atoms with Crippen molar-refractivity contribution in [3.8, 4) is 0 Å². The molecule has 0 N–H and O–H groups in total. The number of fused-ring (bicyclic) bond motifs is 1. The van der Waals surface area contributed by atoms with Gasteiger partial charge in [0.2, 0.25) is 0 Å². The van der Waals surface area contributed by atoms with Crippen molar-refractivity contribution in [2.75, 3.05) is 7.05 Å². The molecule has 1 aliphatic heterocycles. The molecular weight excluding hydrogens is 250 g/mol. The highest BCUT2D eigenvalue weighted by atomic mass is 16.7. The number of aryl methyl sites for hydroxylation is 1. The van der Waals surface area contributed by atoms with Crippen LogP contribution in [0, 0.1) is 11.8 Å². The average molecular weight is 273 g/mol. The first-order valence-corrected chi connectivity index (χ1v) is 7.66. The average Bonchev–Trinajstić information content (AvgIpc) is 2.80. The Morgan fingerprint density at radius 1 is 1.30 bits per heavy atom. The molecule has 0 bridgehead atoms. The summed E-state index contributed by atoms with van der Waals surface area (Å²) in [5.41, 5.74) is 1.38. The minimum Gasteiger partial charge on any atom is -0.303 e. The normalized spacial score (nSPS) is 33.9. The third kappa shape index (κ3) is 2.79. The number of benzene rings is 1. The van der Waals surface area contributed by atoms with E-state index in [-0.39, 0.29) is 5.92 Å². The van der Waals surface area contributed by atoms with Gasteiger partial charge in [-0.05, 0) is 37.7 Å². The fourth-order valence-corrected chi connectivity index (χ4v) is 3.79. The Hall–Kier alpha value is -1.19. The molecule has 3 rings (SSSR count). The van der Waals surface area contributed by atoms with Crippen LogP contribution in [0.25, 0.3) is 0 Å². The van der Waals surface area contributed by atoms with Gasteiger partial charge in [0, 0.05) is 24.9 Å². The summed E-state index contributed by atoms with van der Waals surface area (Å²) in [7, 11) is 2.05. The summed E-state index contributed by atoms with van der Waals surface area (Å²) in [6, 6.07) is 11.1. The predicted molar refractivity (Wildman–Crippen MR) is 78.1 cm³/mol. The van der Waals surface area contributed by atoms with Crippen molar-refractivity contribution in [2.45, 2.75) is 44.2 Å². The molecule has 2 fully saturated rings. The molecule has 1 saturated carbocycles. The number of hydrogen-bond donors (Lipinski definition) is 0. The number of carbonyl (C=O) groups excluding carboxylic acids is 1. The SMILES string of the molecule is CN1OC2CCC(C=O)CC2C1CCc1ccccc1. The van der Waals surface area contributed by atoms with Gasteiger partial charge in [-0.1, -0.05) is 30.3 Å². The molecule has 3 nitrogen and oxygen atoms in total. The van der Waals surface area contributed by atoms with Crippen LogP contribution in [0.4, 0.5) is 0 Å². The Morgan fingerprint density at radius 3 is 2.85 bits per heavy atom. The first-order valence-electron chi connectivity index (χ1n) is 7.66. The fourth-order valence-electron chi connectivity index (χ4n) is 3.79. The predicted octanol–water partition coefficient (Wildman–Crippen LogP) is 2.85. The maximum absolute atomic E-state index is 11.1. The zero-order valence-electron chi connectivity index (χ0n) is 12.1. The van der Waals surface area contributed by atoms with E-state index in [1.54, 1.807) is 0 Å². The molecule has 20 heavy (non-hydrogen) atoms. The van der Waals surface area contributed by atoms with E-state index < -0.39 is 0 Å². The van der Waals surface area contributed by atoms with Crippen LogP contribution in [-0.4, -0.2) is 30.5 Å². The van der Waals surface area contributed by atoms with Gasteiger partial charge in [-0.25, -0.2) is 0 Å². The second-order valence-electron chi connectivity index (χ2n) is 6.15. The first-order chi connectivity index (χ1) is 9.78. The maximum atomic E-state index is 11.1. The van der Waals surface area contributed by atoms with Crippen molar-refractivity contribution in [3.63, 3.8) is 0 Å². The van der Waals surface area contributed by atoms with E-state index in [0.717, 1.165) is 38.4 Å². The van der Waals surface area contributed by atoms with Gasteiger partial charge in [0.05, 0.1) is 6.10 Å². The van der Waals surface area contributed by atoms with E-state index in [1.165, 1.54) is 5.56 Å². The van der Waals surface area contributed by atoms with Crippen molar-refractivity contribution >= 4 is 6.29 Å². The van der Waals surface area contributed by atoms with Gasteiger partial charge in [0.15, 0.2) is 0 Å².